The standard InChI is InChI=1S/C20H34O4/c1-3-5-7-8-9-10-12-13-16-15-18(22)19(20(23)24-16)17(21)14-11-6-4-2/h16,21H,3-15H2,1-2H3/t16-/m1/s1. The van der Waals surface area contributed by atoms with Gasteiger partial charge in [-0.05, 0) is 19.3 Å². The summed E-state index contributed by atoms with van der Waals surface area (Å²) in [5.74, 6) is -0.978. The Morgan fingerprint density at radius 2 is 1.54 bits per heavy atom. The van der Waals surface area contributed by atoms with Gasteiger partial charge in [0.1, 0.15) is 17.4 Å². The molecule has 1 aliphatic heterocycles. The molecule has 0 spiro atoms. The minimum Gasteiger partial charge on any atom is -0.511 e. The zero-order valence-electron chi connectivity index (χ0n) is 15.4. The Morgan fingerprint density at radius 1 is 0.958 bits per heavy atom. The van der Waals surface area contributed by atoms with E-state index in [4.69, 9.17) is 4.74 Å². The predicted octanol–water partition coefficient (Wildman–Crippen LogP) is 5.40. The van der Waals surface area contributed by atoms with Crippen molar-refractivity contribution >= 4 is 11.8 Å². The van der Waals surface area contributed by atoms with Crippen LogP contribution in [-0.2, 0) is 14.3 Å². The van der Waals surface area contributed by atoms with Crippen LogP contribution in [0.15, 0.2) is 11.3 Å². The van der Waals surface area contributed by atoms with E-state index in [1.54, 1.807) is 0 Å². The average molecular weight is 338 g/mol. The molecule has 0 radical (unpaired) electrons. The topological polar surface area (TPSA) is 63.6 Å². The highest BCUT2D eigenvalue weighted by Gasteiger charge is 2.34. The third-order valence-corrected chi connectivity index (χ3v) is 4.61. The lowest BCUT2D eigenvalue weighted by atomic mass is 9.96. The number of ketones is 1. The maximum Gasteiger partial charge on any atom is 0.345 e. The van der Waals surface area contributed by atoms with Crippen LogP contribution in [0.3, 0.4) is 0 Å². The van der Waals surface area contributed by atoms with Crippen LogP contribution >= 0.6 is 0 Å². The number of unbranched alkanes of at least 4 members (excludes halogenated alkanes) is 8. The van der Waals surface area contributed by atoms with Gasteiger partial charge in [-0.15, -0.1) is 0 Å². The van der Waals surface area contributed by atoms with E-state index in [-0.39, 0.29) is 29.6 Å². The summed E-state index contributed by atoms with van der Waals surface area (Å²) in [6.45, 7) is 4.28. The first kappa shape index (κ1) is 20.7. The van der Waals surface area contributed by atoms with Crippen LogP contribution in [-0.4, -0.2) is 23.0 Å². The monoisotopic (exact) mass is 338 g/mol. The molecule has 1 rings (SSSR count). The minimum absolute atomic E-state index is 0.0900. The summed E-state index contributed by atoms with van der Waals surface area (Å²) in [6.07, 6.45) is 12.2. The molecule has 0 unspecified atom stereocenters. The van der Waals surface area contributed by atoms with Gasteiger partial charge in [-0.3, -0.25) is 4.79 Å². The molecule has 1 heterocycles. The van der Waals surface area contributed by atoms with Gasteiger partial charge in [-0.1, -0.05) is 65.2 Å². The SMILES string of the molecule is CCCCCCCCC[C@@H]1CC(=O)C(=C(O)CCCCC)C(=O)O1. The first-order valence-electron chi connectivity index (χ1n) is 9.76. The second-order valence-corrected chi connectivity index (χ2v) is 6.84. The van der Waals surface area contributed by atoms with Gasteiger partial charge < -0.3 is 9.84 Å². The fourth-order valence-corrected chi connectivity index (χ4v) is 3.11. The van der Waals surface area contributed by atoms with Gasteiger partial charge in [-0.2, -0.15) is 0 Å². The molecular formula is C20H34O4. The summed E-state index contributed by atoms with van der Waals surface area (Å²) >= 11 is 0. The molecule has 0 aromatic heterocycles. The number of ether oxygens (including phenoxy) is 1. The van der Waals surface area contributed by atoms with E-state index in [9.17, 15) is 14.7 Å². The lowest BCUT2D eigenvalue weighted by molar-refractivity contribution is -0.151. The third-order valence-electron chi connectivity index (χ3n) is 4.61. The predicted molar refractivity (Wildman–Crippen MR) is 95.9 cm³/mol. The van der Waals surface area contributed by atoms with Gasteiger partial charge in [0.2, 0.25) is 0 Å². The van der Waals surface area contributed by atoms with Crippen LogP contribution in [0.4, 0.5) is 0 Å². The van der Waals surface area contributed by atoms with Crippen molar-refractivity contribution in [3.63, 3.8) is 0 Å². The zero-order chi connectivity index (χ0) is 17.8. The van der Waals surface area contributed by atoms with Gasteiger partial charge in [0.15, 0.2) is 5.78 Å². The Morgan fingerprint density at radius 3 is 2.17 bits per heavy atom. The number of hydrogen-bond donors (Lipinski definition) is 1. The van der Waals surface area contributed by atoms with Crippen LogP contribution in [0, 0.1) is 0 Å². The maximum absolute atomic E-state index is 12.2. The second-order valence-electron chi connectivity index (χ2n) is 6.84. The van der Waals surface area contributed by atoms with Crippen molar-refractivity contribution in [1.29, 1.82) is 0 Å². The molecule has 0 amide bonds. The number of carbonyl (C=O) groups excluding carboxylic acids is 2. The van der Waals surface area contributed by atoms with E-state index in [2.05, 4.69) is 13.8 Å². The van der Waals surface area contributed by atoms with Crippen molar-refractivity contribution in [2.75, 3.05) is 0 Å². The van der Waals surface area contributed by atoms with Crippen LogP contribution in [0.2, 0.25) is 0 Å². The van der Waals surface area contributed by atoms with Gasteiger partial charge in [-0.25, -0.2) is 4.79 Å². The molecule has 0 saturated carbocycles. The van der Waals surface area contributed by atoms with Gasteiger partial charge >= 0.3 is 5.97 Å². The van der Waals surface area contributed by atoms with E-state index in [0.29, 0.717) is 6.42 Å². The lowest BCUT2D eigenvalue weighted by Crippen LogP contribution is -2.33. The van der Waals surface area contributed by atoms with E-state index in [1.165, 1.54) is 32.1 Å². The summed E-state index contributed by atoms with van der Waals surface area (Å²) in [6, 6.07) is 0. The highest BCUT2D eigenvalue weighted by atomic mass is 16.5. The number of aliphatic hydroxyl groups is 1. The number of esters is 1. The molecule has 1 fully saturated rings. The Hall–Kier alpha value is -1.32. The van der Waals surface area contributed by atoms with E-state index < -0.39 is 5.97 Å². The largest absolute Gasteiger partial charge is 0.511 e. The summed E-state index contributed by atoms with van der Waals surface area (Å²) in [5.41, 5.74) is -0.109. The fraction of sp³-hybridized carbons (Fsp3) is 0.800. The molecule has 138 valence electrons. The van der Waals surface area contributed by atoms with Gasteiger partial charge in [0, 0.05) is 12.8 Å². The van der Waals surface area contributed by atoms with Crippen LogP contribution in [0.1, 0.15) is 97.3 Å². The molecule has 4 heteroatoms. The molecule has 0 aromatic rings. The first-order valence-corrected chi connectivity index (χ1v) is 9.76. The Balaban J connectivity index is 2.33. The maximum atomic E-state index is 12.2. The number of rotatable bonds is 12. The van der Waals surface area contributed by atoms with Gasteiger partial charge in [0.05, 0.1) is 0 Å². The zero-order valence-corrected chi connectivity index (χ0v) is 15.4. The lowest BCUT2D eigenvalue weighted by Gasteiger charge is -2.23. The number of carbonyl (C=O) groups is 2. The van der Waals surface area contributed by atoms with E-state index >= 15 is 0 Å². The van der Waals surface area contributed by atoms with Crippen molar-refractivity contribution in [3.05, 3.63) is 11.3 Å². The van der Waals surface area contributed by atoms with Crippen molar-refractivity contribution in [1.82, 2.24) is 0 Å². The minimum atomic E-state index is -0.631. The molecule has 4 nitrogen and oxygen atoms in total. The Labute approximate surface area is 146 Å². The number of Topliss-reactive ketones (excluding diaryl/α,β-unsaturated/α-hetero) is 1. The Bertz CT molecular complexity index is 405. The molecule has 1 aliphatic rings. The number of cyclic esters (lactones) is 1. The van der Waals surface area contributed by atoms with Crippen LogP contribution < -0.4 is 0 Å². The summed E-state index contributed by atoms with van der Waals surface area (Å²) in [7, 11) is 0. The van der Waals surface area contributed by atoms with Crippen molar-refractivity contribution in [2.24, 2.45) is 0 Å². The molecule has 0 bridgehead atoms. The molecular weight excluding hydrogens is 304 g/mol. The molecule has 24 heavy (non-hydrogen) atoms. The number of allylic oxidation sites excluding steroid dienone is 1. The second kappa shape index (κ2) is 12.1. The highest BCUT2D eigenvalue weighted by Crippen LogP contribution is 2.24. The normalized spacial score (nSPS) is 20.2. The van der Waals surface area contributed by atoms with E-state index in [0.717, 1.165) is 38.5 Å². The van der Waals surface area contributed by atoms with E-state index in [1.807, 2.05) is 0 Å². The number of hydrogen-bond acceptors (Lipinski definition) is 4. The smallest absolute Gasteiger partial charge is 0.345 e. The fourth-order valence-electron chi connectivity index (χ4n) is 3.11. The third kappa shape index (κ3) is 7.50. The molecule has 1 atom stereocenters. The molecule has 1 saturated heterocycles. The van der Waals surface area contributed by atoms with Crippen LogP contribution in [0.5, 0.6) is 0 Å². The molecule has 0 aliphatic carbocycles. The molecule has 1 N–H and O–H groups in total. The van der Waals surface area contributed by atoms with Crippen LogP contribution in [0.25, 0.3) is 0 Å². The summed E-state index contributed by atoms with van der Waals surface area (Å²) in [5, 5.41) is 10.0. The van der Waals surface area contributed by atoms with Gasteiger partial charge in [0.25, 0.3) is 0 Å². The first-order chi connectivity index (χ1) is 11.6. The highest BCUT2D eigenvalue weighted by molar-refractivity contribution is 6.19. The quantitative estimate of drug-likeness (QED) is 0.170. The summed E-state index contributed by atoms with van der Waals surface area (Å²) < 4.78 is 5.36. The number of aliphatic hydroxyl groups excluding tert-OH is 1. The Kier molecular flexibility index (Phi) is 10.4. The van der Waals surface area contributed by atoms with Crippen molar-refractivity contribution < 1.29 is 19.4 Å². The average Bonchev–Trinajstić information content (AvgIpc) is 2.53. The van der Waals surface area contributed by atoms with Crippen molar-refractivity contribution in [3.8, 4) is 0 Å². The van der Waals surface area contributed by atoms with Crippen molar-refractivity contribution in [2.45, 2.75) is 103 Å². The molecule has 0 aromatic carbocycles. The summed E-state index contributed by atoms with van der Waals surface area (Å²) in [4.78, 5) is 24.2.